The molecular formula is C74H138O12. The van der Waals surface area contributed by atoms with E-state index < -0.39 is 48.0 Å². The summed E-state index contributed by atoms with van der Waals surface area (Å²) < 4.78 is 33.6. The fraction of sp³-hybridized carbons (Fsp3) is 0.919. The molecule has 0 amide bonds. The normalized spacial score (nSPS) is 11.4. The molecular weight excluding hydrogens is 1080 g/mol. The van der Waals surface area contributed by atoms with Crippen molar-refractivity contribution in [2.45, 2.75) is 412 Å². The zero-order valence-corrected chi connectivity index (χ0v) is 56.9. The van der Waals surface area contributed by atoms with Crippen molar-refractivity contribution in [2.24, 2.45) is 0 Å². The highest BCUT2D eigenvalue weighted by Gasteiger charge is 2.23. The van der Waals surface area contributed by atoms with Gasteiger partial charge in [-0.3, -0.25) is 28.8 Å². The minimum absolute atomic E-state index is 0.244. The predicted molar refractivity (Wildman–Crippen MR) is 354 cm³/mol. The molecule has 0 saturated carbocycles. The lowest BCUT2D eigenvalue weighted by Crippen LogP contribution is -2.32. The zero-order valence-electron chi connectivity index (χ0n) is 56.9. The van der Waals surface area contributed by atoms with Gasteiger partial charge in [-0.15, -0.1) is 0 Å². The van der Waals surface area contributed by atoms with E-state index in [4.69, 9.17) is 28.4 Å². The van der Waals surface area contributed by atoms with Crippen LogP contribution in [0, 0.1) is 0 Å². The summed E-state index contributed by atoms with van der Waals surface area (Å²) >= 11 is 0. The Balaban J connectivity index is 5.24. The molecule has 0 aliphatic carbocycles. The molecule has 12 heteroatoms. The second-order valence-corrected chi connectivity index (χ2v) is 25.4. The smallest absolute Gasteiger partial charge is 0.306 e. The number of rotatable bonds is 69. The molecule has 0 aliphatic heterocycles. The maximum atomic E-state index is 13.3. The highest BCUT2D eigenvalue weighted by Crippen LogP contribution is 2.19. The summed E-state index contributed by atoms with van der Waals surface area (Å²) in [6.45, 7) is 7.87. The first kappa shape index (κ1) is 82.8. The van der Waals surface area contributed by atoms with Crippen LogP contribution in [0.3, 0.4) is 0 Å². The molecule has 0 atom stereocenters. The number of hydrogen-bond acceptors (Lipinski definition) is 12. The van der Waals surface area contributed by atoms with E-state index >= 15 is 0 Å². The minimum atomic E-state index is -1.05. The van der Waals surface area contributed by atoms with Crippen LogP contribution in [0.4, 0.5) is 0 Å². The van der Waals surface area contributed by atoms with Crippen LogP contribution in [-0.2, 0) is 57.2 Å². The van der Waals surface area contributed by atoms with E-state index in [-0.39, 0.29) is 65.0 Å². The van der Waals surface area contributed by atoms with Crippen LogP contribution in [-0.4, -0.2) is 74.5 Å². The first-order valence-electron chi connectivity index (χ1n) is 37.2. The van der Waals surface area contributed by atoms with Gasteiger partial charge in [-0.2, -0.15) is 0 Å². The molecule has 0 rings (SSSR count). The molecule has 0 radical (unpaired) electrons. The summed E-state index contributed by atoms with van der Waals surface area (Å²) in [5, 5.41) is 0. The second-order valence-electron chi connectivity index (χ2n) is 25.4. The van der Waals surface area contributed by atoms with Crippen LogP contribution in [0.15, 0.2) is 0 Å². The molecule has 0 aromatic heterocycles. The van der Waals surface area contributed by atoms with Gasteiger partial charge in [0, 0.05) is 25.7 Å². The standard InChI is InChI=1S/C74H138O12/c1-5-9-13-17-21-25-29-33-37-41-45-49-53-57-69(75)81-63-67(64-82-70(76)58-54-50-46-42-38-34-30-26-22-18-14-10-6-2)85-73(79)61-62-74(80)86-68(65-83-71(77)59-55-51-47-43-39-35-31-27-23-19-15-11-7-3)66-84-72(78)60-56-52-48-44-40-36-32-28-24-20-16-12-8-4/h67-68H,5-66H2,1-4H3. The maximum absolute atomic E-state index is 13.3. The van der Waals surface area contributed by atoms with Crippen molar-refractivity contribution in [3.63, 3.8) is 0 Å². The molecule has 0 aromatic carbocycles. The summed E-state index contributed by atoms with van der Waals surface area (Å²) in [6.07, 6.45) is 60.5. The highest BCUT2D eigenvalue weighted by molar-refractivity contribution is 5.78. The number of esters is 6. The van der Waals surface area contributed by atoms with E-state index in [0.717, 1.165) is 77.0 Å². The van der Waals surface area contributed by atoms with Gasteiger partial charge in [-0.05, 0) is 25.7 Å². The van der Waals surface area contributed by atoms with Crippen LogP contribution < -0.4 is 0 Å². The first-order valence-corrected chi connectivity index (χ1v) is 37.2. The Morgan fingerprint density at radius 2 is 0.326 bits per heavy atom. The topological polar surface area (TPSA) is 158 Å². The first-order chi connectivity index (χ1) is 42.1. The third-order valence-electron chi connectivity index (χ3n) is 16.8. The highest BCUT2D eigenvalue weighted by atomic mass is 16.6. The van der Waals surface area contributed by atoms with Crippen LogP contribution >= 0.6 is 0 Å². The lowest BCUT2D eigenvalue weighted by atomic mass is 10.0. The third-order valence-corrected chi connectivity index (χ3v) is 16.8. The van der Waals surface area contributed by atoms with E-state index in [2.05, 4.69) is 27.7 Å². The molecule has 0 aromatic rings. The monoisotopic (exact) mass is 1220 g/mol. The van der Waals surface area contributed by atoms with E-state index in [1.54, 1.807) is 0 Å². The summed E-state index contributed by atoms with van der Waals surface area (Å²) in [7, 11) is 0. The molecule has 12 nitrogen and oxygen atoms in total. The number of hydrogen-bond donors (Lipinski definition) is 0. The molecule has 86 heavy (non-hydrogen) atoms. The fourth-order valence-corrected chi connectivity index (χ4v) is 11.1. The molecule has 0 bridgehead atoms. The number of carbonyl (C=O) groups is 6. The molecule has 0 aliphatic rings. The Morgan fingerprint density at radius 3 is 0.477 bits per heavy atom. The third kappa shape index (κ3) is 63.8. The van der Waals surface area contributed by atoms with Gasteiger partial charge >= 0.3 is 35.8 Å². The zero-order chi connectivity index (χ0) is 62.7. The van der Waals surface area contributed by atoms with Gasteiger partial charge in [-0.25, -0.2) is 0 Å². The molecule has 0 unspecified atom stereocenters. The lowest BCUT2D eigenvalue weighted by molar-refractivity contribution is -0.170. The van der Waals surface area contributed by atoms with Gasteiger partial charge in [0.1, 0.15) is 26.4 Å². The quantitative estimate of drug-likeness (QED) is 0.0323. The number of unbranched alkanes of at least 4 members (excludes halogenated alkanes) is 48. The van der Waals surface area contributed by atoms with Crippen LogP contribution in [0.1, 0.15) is 400 Å². The Bertz CT molecular complexity index is 1320. The summed E-state index contributed by atoms with van der Waals surface area (Å²) in [5.74, 6) is -3.13. The summed E-state index contributed by atoms with van der Waals surface area (Å²) in [4.78, 5) is 77.9. The molecule has 0 spiro atoms. The van der Waals surface area contributed by atoms with Crippen molar-refractivity contribution in [2.75, 3.05) is 26.4 Å². The van der Waals surface area contributed by atoms with Crippen molar-refractivity contribution >= 4 is 35.8 Å². The molecule has 0 heterocycles. The Hall–Kier alpha value is -3.18. The number of ether oxygens (including phenoxy) is 6. The summed E-state index contributed by atoms with van der Waals surface area (Å²) in [6, 6.07) is 0. The molecule has 0 fully saturated rings. The minimum Gasteiger partial charge on any atom is -0.462 e. The van der Waals surface area contributed by atoms with Crippen LogP contribution in [0.2, 0.25) is 0 Å². The Kier molecular flexibility index (Phi) is 65.2. The van der Waals surface area contributed by atoms with Crippen molar-refractivity contribution in [1.82, 2.24) is 0 Å². The predicted octanol–water partition coefficient (Wildman–Crippen LogP) is 21.7. The van der Waals surface area contributed by atoms with Crippen molar-refractivity contribution in [3.8, 4) is 0 Å². The van der Waals surface area contributed by atoms with Gasteiger partial charge < -0.3 is 28.4 Å². The van der Waals surface area contributed by atoms with Gasteiger partial charge in [0.25, 0.3) is 0 Å². The van der Waals surface area contributed by atoms with E-state index in [1.165, 1.54) is 231 Å². The van der Waals surface area contributed by atoms with E-state index in [0.29, 0.717) is 25.7 Å². The van der Waals surface area contributed by atoms with E-state index in [1.807, 2.05) is 0 Å². The molecule has 506 valence electrons. The van der Waals surface area contributed by atoms with Crippen molar-refractivity contribution < 1.29 is 57.2 Å². The molecule has 0 N–H and O–H groups in total. The van der Waals surface area contributed by atoms with Crippen molar-refractivity contribution in [1.29, 1.82) is 0 Å². The van der Waals surface area contributed by atoms with Gasteiger partial charge in [0.2, 0.25) is 0 Å². The average molecular weight is 1220 g/mol. The van der Waals surface area contributed by atoms with Gasteiger partial charge in [-0.1, -0.05) is 336 Å². The second kappa shape index (κ2) is 67.7. The summed E-state index contributed by atoms with van der Waals surface area (Å²) in [5.41, 5.74) is 0. The Morgan fingerprint density at radius 1 is 0.186 bits per heavy atom. The largest absolute Gasteiger partial charge is 0.462 e. The Labute approximate surface area is 529 Å². The van der Waals surface area contributed by atoms with Crippen LogP contribution in [0.5, 0.6) is 0 Å². The van der Waals surface area contributed by atoms with Gasteiger partial charge in [0.05, 0.1) is 12.8 Å². The van der Waals surface area contributed by atoms with E-state index in [9.17, 15) is 28.8 Å². The van der Waals surface area contributed by atoms with Crippen molar-refractivity contribution in [3.05, 3.63) is 0 Å². The fourth-order valence-electron chi connectivity index (χ4n) is 11.1. The lowest BCUT2D eigenvalue weighted by Gasteiger charge is -2.19. The average Bonchev–Trinajstić information content (AvgIpc) is 3.63. The SMILES string of the molecule is CCCCCCCCCCCCCCCC(=O)OCC(COC(=O)CCCCCCCCCCCCCCC)OC(=O)CCC(=O)OC(COC(=O)CCCCCCCCCCCCCCC)COC(=O)CCCCCCCCCCCCCCC. The van der Waals surface area contributed by atoms with Gasteiger partial charge in [0.15, 0.2) is 12.2 Å². The van der Waals surface area contributed by atoms with Crippen LogP contribution in [0.25, 0.3) is 0 Å². The molecule has 0 saturated heterocycles. The number of carbonyl (C=O) groups excluding carboxylic acids is 6. The maximum Gasteiger partial charge on any atom is 0.306 e.